The Hall–Kier alpha value is -3.15. The fraction of sp³-hybridized carbons (Fsp3) is 0.174. The van der Waals surface area contributed by atoms with Crippen molar-refractivity contribution in [1.29, 1.82) is 5.26 Å². The molecule has 1 N–H and O–H groups in total. The number of hydrogen-bond donors (Lipinski definition) is 1. The number of carbonyl (C=O) groups excluding carboxylic acids is 1. The van der Waals surface area contributed by atoms with Crippen LogP contribution in [0.2, 0.25) is 0 Å². The lowest BCUT2D eigenvalue weighted by Crippen LogP contribution is -2.14. The van der Waals surface area contributed by atoms with Gasteiger partial charge in [0.1, 0.15) is 11.1 Å². The number of nitrogens with one attached hydrogen (secondary N) is 1. The second-order valence-electron chi connectivity index (χ2n) is 6.30. The van der Waals surface area contributed by atoms with Crippen LogP contribution in [0.1, 0.15) is 5.56 Å². The minimum atomic E-state index is -0.163. The average molecular weight is 452 g/mol. The topological polar surface area (TPSA) is 84.2 Å². The molecule has 0 spiro atoms. The quantitative estimate of drug-likeness (QED) is 0.478. The molecule has 8 heteroatoms. The number of hydrogen-bond acceptors (Lipinski definition) is 7. The Kier molecular flexibility index (Phi) is 7.82. The summed E-state index contributed by atoms with van der Waals surface area (Å²) in [6.07, 6.45) is 2.00. The van der Waals surface area contributed by atoms with Gasteiger partial charge in [-0.1, -0.05) is 11.8 Å². The number of carbonyl (C=O) groups is 1. The second-order valence-corrected chi connectivity index (χ2v) is 8.14. The zero-order chi connectivity index (χ0) is 22.2. The Morgan fingerprint density at radius 1 is 1.06 bits per heavy atom. The minimum absolute atomic E-state index is 0.140. The van der Waals surface area contributed by atoms with Crippen LogP contribution in [0.4, 0.5) is 5.69 Å². The van der Waals surface area contributed by atoms with Crippen molar-refractivity contribution in [2.24, 2.45) is 0 Å². The van der Waals surface area contributed by atoms with Gasteiger partial charge in [-0.3, -0.25) is 4.79 Å². The molecular formula is C23H21N3O3S2. The van der Waals surface area contributed by atoms with Crippen molar-refractivity contribution in [2.45, 2.75) is 9.92 Å². The lowest BCUT2D eigenvalue weighted by molar-refractivity contribution is -0.113. The molecule has 3 rings (SSSR count). The zero-order valence-corrected chi connectivity index (χ0v) is 19.0. The van der Waals surface area contributed by atoms with Crippen LogP contribution < -0.4 is 14.8 Å². The maximum absolute atomic E-state index is 12.4. The van der Waals surface area contributed by atoms with Gasteiger partial charge in [-0.15, -0.1) is 11.8 Å². The van der Waals surface area contributed by atoms with Crippen LogP contribution in [-0.2, 0) is 4.79 Å². The molecule has 0 aliphatic rings. The standard InChI is InChI=1S/C23H21N3O3S2/c1-28-20-11-5-15(12-21(20)29-2)19-10-4-16(13-24)23(26-19)31-14-22(27)25-17-6-8-18(30-3)9-7-17/h4-12H,14H2,1-3H3,(H,25,27). The molecular weight excluding hydrogens is 430 g/mol. The van der Waals surface area contributed by atoms with Gasteiger partial charge in [0.2, 0.25) is 5.91 Å². The number of ether oxygens (including phenoxy) is 2. The third-order valence-electron chi connectivity index (χ3n) is 4.37. The molecule has 3 aromatic rings. The van der Waals surface area contributed by atoms with E-state index in [0.717, 1.165) is 16.1 Å². The number of methoxy groups -OCH3 is 2. The van der Waals surface area contributed by atoms with Crippen molar-refractivity contribution in [2.75, 3.05) is 31.5 Å². The summed E-state index contributed by atoms with van der Waals surface area (Å²) in [5, 5.41) is 12.8. The van der Waals surface area contributed by atoms with Gasteiger partial charge in [-0.05, 0) is 60.9 Å². The molecule has 1 amide bonds. The molecule has 0 aliphatic heterocycles. The highest BCUT2D eigenvalue weighted by atomic mass is 32.2. The molecule has 0 radical (unpaired) electrons. The highest BCUT2D eigenvalue weighted by Crippen LogP contribution is 2.33. The predicted molar refractivity (Wildman–Crippen MR) is 125 cm³/mol. The van der Waals surface area contributed by atoms with E-state index in [2.05, 4.69) is 16.4 Å². The second kappa shape index (κ2) is 10.8. The Morgan fingerprint density at radius 3 is 2.45 bits per heavy atom. The van der Waals surface area contributed by atoms with Crippen LogP contribution in [0.15, 0.2) is 64.5 Å². The van der Waals surface area contributed by atoms with Crippen LogP contribution >= 0.6 is 23.5 Å². The third kappa shape index (κ3) is 5.72. The van der Waals surface area contributed by atoms with Crippen molar-refractivity contribution in [3.63, 3.8) is 0 Å². The van der Waals surface area contributed by atoms with E-state index >= 15 is 0 Å². The third-order valence-corrected chi connectivity index (χ3v) is 6.11. The first-order valence-corrected chi connectivity index (χ1v) is 11.5. The Balaban J connectivity index is 1.75. The molecule has 6 nitrogen and oxygen atoms in total. The summed E-state index contributed by atoms with van der Waals surface area (Å²) in [4.78, 5) is 18.1. The summed E-state index contributed by atoms with van der Waals surface area (Å²) < 4.78 is 10.6. The van der Waals surface area contributed by atoms with Crippen LogP contribution in [0.3, 0.4) is 0 Å². The van der Waals surface area contributed by atoms with Crippen LogP contribution in [0, 0.1) is 11.3 Å². The summed E-state index contributed by atoms with van der Waals surface area (Å²) in [6, 6.07) is 18.8. The maximum Gasteiger partial charge on any atom is 0.234 e. The molecule has 0 saturated carbocycles. The number of rotatable bonds is 8. The van der Waals surface area contributed by atoms with Crippen molar-refractivity contribution < 1.29 is 14.3 Å². The lowest BCUT2D eigenvalue weighted by atomic mass is 10.1. The smallest absolute Gasteiger partial charge is 0.234 e. The molecule has 0 saturated heterocycles. The van der Waals surface area contributed by atoms with Gasteiger partial charge < -0.3 is 14.8 Å². The molecule has 31 heavy (non-hydrogen) atoms. The van der Waals surface area contributed by atoms with Gasteiger partial charge >= 0.3 is 0 Å². The van der Waals surface area contributed by atoms with Crippen molar-refractivity contribution in [3.8, 4) is 28.8 Å². The van der Waals surface area contributed by atoms with E-state index in [9.17, 15) is 10.1 Å². The largest absolute Gasteiger partial charge is 0.493 e. The fourth-order valence-corrected chi connectivity index (χ4v) is 3.98. The highest BCUT2D eigenvalue weighted by molar-refractivity contribution is 8.00. The van der Waals surface area contributed by atoms with E-state index in [0.29, 0.717) is 27.8 Å². The van der Waals surface area contributed by atoms with Gasteiger partial charge in [0.25, 0.3) is 0 Å². The molecule has 1 aromatic heterocycles. The molecule has 0 fully saturated rings. The van der Waals surface area contributed by atoms with Gasteiger partial charge in [0.05, 0.1) is 31.2 Å². The van der Waals surface area contributed by atoms with E-state index in [1.807, 2.05) is 42.7 Å². The number of nitriles is 1. The number of nitrogens with zero attached hydrogens (tertiary/aromatic N) is 2. The van der Waals surface area contributed by atoms with Gasteiger partial charge in [0.15, 0.2) is 11.5 Å². The van der Waals surface area contributed by atoms with Crippen LogP contribution in [-0.4, -0.2) is 37.1 Å². The molecule has 0 atom stereocenters. The highest BCUT2D eigenvalue weighted by Gasteiger charge is 2.13. The molecule has 0 aliphatic carbocycles. The Morgan fingerprint density at radius 2 is 1.81 bits per heavy atom. The van der Waals surface area contributed by atoms with Gasteiger partial charge in [0, 0.05) is 16.1 Å². The van der Waals surface area contributed by atoms with Crippen molar-refractivity contribution >= 4 is 35.1 Å². The maximum atomic E-state index is 12.4. The van der Waals surface area contributed by atoms with E-state index in [-0.39, 0.29) is 11.7 Å². The number of anilines is 1. The molecule has 1 heterocycles. The van der Waals surface area contributed by atoms with Crippen molar-refractivity contribution in [3.05, 3.63) is 60.2 Å². The average Bonchev–Trinajstić information content (AvgIpc) is 2.82. The fourth-order valence-electron chi connectivity index (χ4n) is 2.80. The first-order chi connectivity index (χ1) is 15.1. The first-order valence-electron chi connectivity index (χ1n) is 9.28. The SMILES string of the molecule is COc1ccc(-c2ccc(C#N)c(SCC(=O)Nc3ccc(SC)cc3)n2)cc1OC. The summed E-state index contributed by atoms with van der Waals surface area (Å²) in [6.45, 7) is 0. The Bertz CT molecular complexity index is 1110. The van der Waals surface area contributed by atoms with E-state index < -0.39 is 0 Å². The number of aromatic nitrogens is 1. The van der Waals surface area contributed by atoms with E-state index in [1.165, 1.54) is 11.8 Å². The van der Waals surface area contributed by atoms with Crippen LogP contribution in [0.5, 0.6) is 11.5 Å². The summed E-state index contributed by atoms with van der Waals surface area (Å²) in [7, 11) is 3.15. The monoisotopic (exact) mass is 451 g/mol. The lowest BCUT2D eigenvalue weighted by Gasteiger charge is -2.11. The zero-order valence-electron chi connectivity index (χ0n) is 17.3. The molecule has 2 aromatic carbocycles. The number of thioether (sulfide) groups is 2. The summed E-state index contributed by atoms with van der Waals surface area (Å²) in [5.41, 5.74) is 2.65. The van der Waals surface area contributed by atoms with Gasteiger partial charge in [-0.2, -0.15) is 5.26 Å². The Labute approximate surface area is 190 Å². The number of benzene rings is 2. The molecule has 158 valence electrons. The molecule has 0 unspecified atom stereocenters. The van der Waals surface area contributed by atoms with E-state index in [1.54, 1.807) is 44.2 Å². The molecule has 0 bridgehead atoms. The summed E-state index contributed by atoms with van der Waals surface area (Å²) >= 11 is 2.87. The van der Waals surface area contributed by atoms with Gasteiger partial charge in [-0.25, -0.2) is 4.98 Å². The normalized spacial score (nSPS) is 10.3. The summed E-state index contributed by atoms with van der Waals surface area (Å²) in [5.74, 6) is 1.19. The van der Waals surface area contributed by atoms with Crippen molar-refractivity contribution in [1.82, 2.24) is 4.98 Å². The number of amides is 1. The van der Waals surface area contributed by atoms with Crippen LogP contribution in [0.25, 0.3) is 11.3 Å². The van der Waals surface area contributed by atoms with E-state index in [4.69, 9.17) is 9.47 Å². The minimum Gasteiger partial charge on any atom is -0.493 e. The predicted octanol–water partition coefficient (Wildman–Crippen LogP) is 5.09. The first kappa shape index (κ1) is 22.5. The number of pyridine rings is 1.